The van der Waals surface area contributed by atoms with E-state index in [0.29, 0.717) is 12.8 Å². The van der Waals surface area contributed by atoms with Crippen LogP contribution in [0.15, 0.2) is 60.7 Å². The molecule has 0 aliphatic heterocycles. The zero-order valence-corrected chi connectivity index (χ0v) is 18.0. The molecular weight excluding hydrogens is 394 g/mol. The second-order valence-electron chi connectivity index (χ2n) is 6.16. The smallest absolute Gasteiger partial charge is 0.0625 e. The fourth-order valence-electron chi connectivity index (χ4n) is 2.92. The van der Waals surface area contributed by atoms with Crippen molar-refractivity contribution in [3.63, 3.8) is 0 Å². The van der Waals surface area contributed by atoms with Crippen LogP contribution in [0, 0.1) is 22.7 Å². The van der Waals surface area contributed by atoms with Gasteiger partial charge in [-0.25, -0.2) is 0 Å². The summed E-state index contributed by atoms with van der Waals surface area (Å²) in [6.45, 7) is 0. The summed E-state index contributed by atoms with van der Waals surface area (Å²) >= 11 is 12.3. The molecule has 0 N–H and O–H groups in total. The Hall–Kier alpha value is -1.28. The van der Waals surface area contributed by atoms with E-state index in [1.807, 2.05) is 36.4 Å². The Kier molecular flexibility index (Phi) is 8.21. The molecule has 2 aromatic rings. The van der Waals surface area contributed by atoms with Crippen molar-refractivity contribution < 1.29 is 0 Å². The highest BCUT2D eigenvalue weighted by atomic mass is 32.4. The first-order chi connectivity index (χ1) is 12.5. The maximum absolute atomic E-state index is 9.07. The first-order valence-electron chi connectivity index (χ1n) is 8.55. The third kappa shape index (κ3) is 5.61. The molecule has 0 aliphatic rings. The molecular formula is C20H22N2P2S2. The molecule has 2 atom stereocenters. The van der Waals surface area contributed by atoms with Gasteiger partial charge in [-0.3, -0.25) is 0 Å². The highest BCUT2D eigenvalue weighted by molar-refractivity contribution is 8.20. The monoisotopic (exact) mass is 416 g/mol. The van der Waals surface area contributed by atoms with Gasteiger partial charge in [0.05, 0.1) is 12.1 Å². The van der Waals surface area contributed by atoms with E-state index in [2.05, 4.69) is 36.4 Å². The van der Waals surface area contributed by atoms with Crippen molar-refractivity contribution in [3.8, 4) is 12.1 Å². The van der Waals surface area contributed by atoms with Crippen LogP contribution in [0.25, 0.3) is 0 Å². The maximum Gasteiger partial charge on any atom is 0.0625 e. The van der Waals surface area contributed by atoms with Gasteiger partial charge < -0.3 is 0 Å². The van der Waals surface area contributed by atoms with E-state index in [-0.39, 0.29) is 0 Å². The number of nitriles is 2. The summed E-state index contributed by atoms with van der Waals surface area (Å²) in [5.74, 6) is 0. The minimum atomic E-state index is -1.85. The minimum absolute atomic E-state index is 0.485. The van der Waals surface area contributed by atoms with Crippen LogP contribution < -0.4 is 10.6 Å². The Morgan fingerprint density at radius 1 is 0.615 bits per heavy atom. The molecule has 0 aromatic heterocycles. The van der Waals surface area contributed by atoms with Crippen LogP contribution in [-0.4, -0.2) is 24.6 Å². The summed E-state index contributed by atoms with van der Waals surface area (Å²) in [5, 5.41) is 20.5. The van der Waals surface area contributed by atoms with Crippen molar-refractivity contribution in [1.82, 2.24) is 0 Å². The molecule has 2 aromatic carbocycles. The summed E-state index contributed by atoms with van der Waals surface area (Å²) in [4.78, 5) is 0. The summed E-state index contributed by atoms with van der Waals surface area (Å²) in [6.07, 6.45) is 4.21. The molecule has 0 amide bonds. The lowest BCUT2D eigenvalue weighted by Crippen LogP contribution is -2.17. The van der Waals surface area contributed by atoms with Crippen molar-refractivity contribution in [3.05, 3.63) is 60.7 Å². The van der Waals surface area contributed by atoms with Gasteiger partial charge in [0.2, 0.25) is 0 Å². The van der Waals surface area contributed by atoms with Crippen LogP contribution in [0.5, 0.6) is 0 Å². The molecule has 0 radical (unpaired) electrons. The Labute approximate surface area is 166 Å². The highest BCUT2D eigenvalue weighted by Gasteiger charge is 2.25. The first kappa shape index (κ1) is 21.0. The second kappa shape index (κ2) is 10.2. The highest BCUT2D eigenvalue weighted by Crippen LogP contribution is 2.53. The number of rotatable bonds is 9. The number of nitrogens with zero attached hydrogens (tertiary/aromatic N) is 2. The molecule has 134 valence electrons. The Balaban J connectivity index is 2.29. The van der Waals surface area contributed by atoms with E-state index >= 15 is 0 Å². The SMILES string of the molecule is N#CCC[P@@](=S)(CC[P@@](=S)(CCC#N)c1ccccc1)c1ccccc1. The molecule has 0 aliphatic carbocycles. The van der Waals surface area contributed by atoms with Crippen LogP contribution in [0.1, 0.15) is 12.8 Å². The van der Waals surface area contributed by atoms with Crippen molar-refractivity contribution in [2.75, 3.05) is 24.6 Å². The van der Waals surface area contributed by atoms with Gasteiger partial charge in [-0.2, -0.15) is 10.5 Å². The molecule has 2 nitrogen and oxygen atoms in total. The van der Waals surface area contributed by atoms with E-state index in [4.69, 9.17) is 34.1 Å². The predicted molar refractivity (Wildman–Crippen MR) is 121 cm³/mol. The Morgan fingerprint density at radius 2 is 0.962 bits per heavy atom. The van der Waals surface area contributed by atoms with Gasteiger partial charge >= 0.3 is 0 Å². The molecule has 0 fully saturated rings. The van der Waals surface area contributed by atoms with E-state index in [9.17, 15) is 0 Å². The predicted octanol–water partition coefficient (Wildman–Crippen LogP) is 4.42. The normalized spacial score (nSPS) is 15.2. The van der Waals surface area contributed by atoms with Crippen molar-refractivity contribution in [2.45, 2.75) is 12.8 Å². The number of hydrogen-bond donors (Lipinski definition) is 0. The van der Waals surface area contributed by atoms with E-state index in [0.717, 1.165) is 24.6 Å². The average Bonchev–Trinajstić information content (AvgIpc) is 2.70. The van der Waals surface area contributed by atoms with Crippen LogP contribution in [0.3, 0.4) is 0 Å². The van der Waals surface area contributed by atoms with Gasteiger partial charge in [0, 0.05) is 12.8 Å². The first-order valence-corrected chi connectivity index (χ1v) is 14.9. The number of benzene rings is 2. The van der Waals surface area contributed by atoms with Gasteiger partial charge in [0.1, 0.15) is 0 Å². The maximum atomic E-state index is 9.07. The molecule has 0 spiro atoms. The third-order valence-electron chi connectivity index (χ3n) is 4.45. The minimum Gasteiger partial charge on any atom is -0.198 e. The van der Waals surface area contributed by atoms with Gasteiger partial charge in [-0.15, -0.1) is 0 Å². The molecule has 6 heteroatoms. The van der Waals surface area contributed by atoms with Crippen LogP contribution in [0.4, 0.5) is 0 Å². The largest absolute Gasteiger partial charge is 0.198 e. The lowest BCUT2D eigenvalue weighted by molar-refractivity contribution is 1.21. The third-order valence-corrected chi connectivity index (χ3v) is 14.5. The van der Waals surface area contributed by atoms with Gasteiger partial charge in [0.15, 0.2) is 0 Å². The molecule has 0 heterocycles. The fourth-order valence-corrected chi connectivity index (χ4v) is 12.1. The zero-order chi connectivity index (χ0) is 18.9. The Bertz CT molecular complexity index is 808. The molecule has 0 unspecified atom stereocenters. The zero-order valence-electron chi connectivity index (χ0n) is 14.6. The summed E-state index contributed by atoms with van der Waals surface area (Å²) in [5.41, 5.74) is 0. The van der Waals surface area contributed by atoms with Gasteiger partial charge in [-0.05, 0) is 47.3 Å². The van der Waals surface area contributed by atoms with Crippen molar-refractivity contribution in [1.29, 1.82) is 10.5 Å². The fraction of sp³-hybridized carbons (Fsp3) is 0.300. The van der Waals surface area contributed by atoms with Gasteiger partial charge in [-0.1, -0.05) is 84.3 Å². The van der Waals surface area contributed by atoms with Gasteiger partial charge in [0.25, 0.3) is 0 Å². The topological polar surface area (TPSA) is 47.6 Å². The molecule has 0 saturated carbocycles. The standard InChI is InChI=1S/C20H22N2P2S2/c21-13-7-15-23(25,19-9-3-1-4-10-19)17-18-24(26,16-8-14-22)20-11-5-2-6-12-20/h1-6,9-12H,7-8,15-18H2/t23-,24+. The number of hydrogen-bond acceptors (Lipinski definition) is 4. The van der Waals surface area contributed by atoms with E-state index in [1.165, 1.54) is 10.6 Å². The van der Waals surface area contributed by atoms with Crippen molar-refractivity contribution in [2.24, 2.45) is 0 Å². The average molecular weight is 416 g/mol. The van der Waals surface area contributed by atoms with E-state index < -0.39 is 12.1 Å². The Morgan fingerprint density at radius 3 is 1.27 bits per heavy atom. The van der Waals surface area contributed by atoms with Crippen molar-refractivity contribution >= 4 is 46.3 Å². The summed E-state index contributed by atoms with van der Waals surface area (Å²) in [6, 6.07) is 21.3. The molecule has 26 heavy (non-hydrogen) atoms. The molecule has 0 saturated heterocycles. The summed E-state index contributed by atoms with van der Waals surface area (Å²) in [7, 11) is 0. The second-order valence-corrected chi connectivity index (χ2v) is 16.7. The van der Waals surface area contributed by atoms with Crippen LogP contribution >= 0.6 is 12.1 Å². The lowest BCUT2D eigenvalue weighted by Gasteiger charge is -2.27. The quantitative estimate of drug-likeness (QED) is 0.568. The molecule has 0 bridgehead atoms. The van der Waals surface area contributed by atoms with E-state index in [1.54, 1.807) is 0 Å². The lowest BCUT2D eigenvalue weighted by atomic mass is 10.4. The summed E-state index contributed by atoms with van der Waals surface area (Å²) < 4.78 is 0. The van der Waals surface area contributed by atoms with Crippen LogP contribution in [0.2, 0.25) is 0 Å². The molecule has 2 rings (SSSR count). The van der Waals surface area contributed by atoms with Crippen LogP contribution in [-0.2, 0) is 23.6 Å².